The fourth-order valence-corrected chi connectivity index (χ4v) is 8.82. The Hall–Kier alpha value is -3.03. The van der Waals surface area contributed by atoms with Crippen molar-refractivity contribution in [3.8, 4) is 11.3 Å². The van der Waals surface area contributed by atoms with Crippen molar-refractivity contribution in [2.75, 3.05) is 23.3 Å². The highest BCUT2D eigenvalue weighted by Crippen LogP contribution is 2.43. The highest BCUT2D eigenvalue weighted by atomic mass is 35.5. The van der Waals surface area contributed by atoms with Gasteiger partial charge in [-0.3, -0.25) is 9.78 Å². The molecule has 0 saturated carbocycles. The molecule has 1 aliphatic rings. The SMILES string of the molecule is Cc1cc(C(C)Nc2ccc(Cl)nc2N2C[C@H](O[Si](C)(C)C(C)(C)C)[C@@H](O[Si](C)(C)C(C)(C)C)C2)c2oc(-c3cccnc3)c(C)c(=O)c2c1. The van der Waals surface area contributed by atoms with Crippen LogP contribution in [-0.4, -0.2) is 51.9 Å². The van der Waals surface area contributed by atoms with Gasteiger partial charge in [-0.05, 0) is 92.9 Å². The summed E-state index contributed by atoms with van der Waals surface area (Å²) in [5.41, 5.74) is 4.52. The van der Waals surface area contributed by atoms with Crippen LogP contribution >= 0.6 is 11.6 Å². The van der Waals surface area contributed by atoms with Crippen molar-refractivity contribution in [2.45, 2.75) is 117 Å². The summed E-state index contributed by atoms with van der Waals surface area (Å²) in [5.74, 6) is 1.28. The van der Waals surface area contributed by atoms with E-state index in [9.17, 15) is 4.79 Å². The zero-order chi connectivity index (χ0) is 37.0. The van der Waals surface area contributed by atoms with E-state index >= 15 is 0 Å². The standard InChI is InChI=1S/C39H55ClN4O4Si2/c1-24-19-28(36-29(20-24)34(45)25(2)35(46-36)27-15-14-18-41-21-27)26(3)42-30-16-17-33(40)43-37(30)44-22-31(47-49(10,11)38(4,5)6)32(23-44)48-50(12,13)39(7,8)9/h14-21,26,31-32,42H,22-23H2,1-13H3/t26?,31-,32-/m0/s1. The average Bonchev–Trinajstić information content (AvgIpc) is 3.39. The molecule has 50 heavy (non-hydrogen) atoms. The van der Waals surface area contributed by atoms with E-state index in [1.165, 1.54) is 0 Å². The number of nitrogens with one attached hydrogen (secondary N) is 1. The molecule has 3 aromatic heterocycles. The number of halogens is 1. The van der Waals surface area contributed by atoms with E-state index in [2.05, 4.69) is 95.9 Å². The number of pyridine rings is 2. The number of benzene rings is 1. The molecular weight excluding hydrogens is 680 g/mol. The monoisotopic (exact) mass is 734 g/mol. The van der Waals surface area contributed by atoms with Gasteiger partial charge in [-0.15, -0.1) is 0 Å². The minimum atomic E-state index is -2.12. The lowest BCUT2D eigenvalue weighted by atomic mass is 9.99. The van der Waals surface area contributed by atoms with Crippen LogP contribution in [0.4, 0.5) is 11.5 Å². The van der Waals surface area contributed by atoms with Crippen molar-refractivity contribution in [1.82, 2.24) is 9.97 Å². The predicted octanol–water partition coefficient (Wildman–Crippen LogP) is 10.3. The lowest BCUT2D eigenvalue weighted by Gasteiger charge is -2.42. The van der Waals surface area contributed by atoms with Crippen LogP contribution < -0.4 is 15.6 Å². The summed E-state index contributed by atoms with van der Waals surface area (Å²) in [5, 5.41) is 4.80. The third kappa shape index (κ3) is 7.74. The van der Waals surface area contributed by atoms with Gasteiger partial charge in [0, 0.05) is 42.2 Å². The number of anilines is 2. The number of aryl methyl sites for hydroxylation is 1. The van der Waals surface area contributed by atoms with Crippen LogP contribution in [0.2, 0.25) is 41.4 Å². The molecule has 1 fully saturated rings. The molecule has 4 aromatic rings. The topological polar surface area (TPSA) is 89.7 Å². The minimum absolute atomic E-state index is 0.0475. The van der Waals surface area contributed by atoms with E-state index in [1.54, 1.807) is 12.4 Å². The predicted molar refractivity (Wildman–Crippen MR) is 213 cm³/mol. The molecule has 0 amide bonds. The summed E-state index contributed by atoms with van der Waals surface area (Å²) in [4.78, 5) is 25.1. The largest absolute Gasteiger partial charge is 0.455 e. The quantitative estimate of drug-likeness (QED) is 0.134. The third-order valence-corrected chi connectivity index (χ3v) is 20.2. The van der Waals surface area contributed by atoms with Crippen LogP contribution in [0, 0.1) is 13.8 Å². The Morgan fingerprint density at radius 2 is 1.56 bits per heavy atom. The Bertz CT molecular complexity index is 1880. The van der Waals surface area contributed by atoms with Gasteiger partial charge in [0.2, 0.25) is 0 Å². The van der Waals surface area contributed by atoms with Crippen LogP contribution in [0.1, 0.15) is 71.2 Å². The normalized spacial score (nSPS) is 18.2. The van der Waals surface area contributed by atoms with E-state index in [0.29, 0.717) is 40.5 Å². The molecule has 4 heterocycles. The van der Waals surface area contributed by atoms with Crippen molar-refractivity contribution in [1.29, 1.82) is 0 Å². The molecule has 270 valence electrons. The van der Waals surface area contributed by atoms with Crippen molar-refractivity contribution < 1.29 is 13.3 Å². The molecule has 1 N–H and O–H groups in total. The molecule has 5 rings (SSSR count). The Kier molecular flexibility index (Phi) is 10.6. The number of rotatable bonds is 9. The zero-order valence-electron chi connectivity index (χ0n) is 32.1. The molecule has 1 aliphatic heterocycles. The van der Waals surface area contributed by atoms with Gasteiger partial charge in [0.05, 0.1) is 29.3 Å². The van der Waals surface area contributed by atoms with Crippen molar-refractivity contribution in [3.63, 3.8) is 0 Å². The van der Waals surface area contributed by atoms with Crippen LogP contribution in [0.5, 0.6) is 0 Å². The second-order valence-electron chi connectivity index (χ2n) is 17.0. The molecule has 1 saturated heterocycles. The summed E-state index contributed by atoms with van der Waals surface area (Å²) >= 11 is 6.59. The van der Waals surface area contributed by atoms with Crippen LogP contribution in [-0.2, 0) is 8.85 Å². The van der Waals surface area contributed by atoms with E-state index in [-0.39, 0.29) is 33.8 Å². The highest BCUT2D eigenvalue weighted by Gasteiger charge is 2.48. The maximum absolute atomic E-state index is 13.7. The van der Waals surface area contributed by atoms with Gasteiger partial charge in [0.25, 0.3) is 0 Å². The minimum Gasteiger partial charge on any atom is -0.455 e. The zero-order valence-corrected chi connectivity index (χ0v) is 34.9. The molecule has 3 atom stereocenters. The molecule has 11 heteroatoms. The number of aromatic nitrogens is 2. The number of fused-ring (bicyclic) bond motifs is 1. The second-order valence-corrected chi connectivity index (χ2v) is 26.9. The lowest BCUT2D eigenvalue weighted by molar-refractivity contribution is 0.0713. The summed E-state index contributed by atoms with van der Waals surface area (Å²) in [6.07, 6.45) is 3.21. The highest BCUT2D eigenvalue weighted by molar-refractivity contribution is 6.74. The first-order valence-corrected chi connectivity index (χ1v) is 23.8. The Balaban J connectivity index is 1.53. The first kappa shape index (κ1) is 38.2. The molecular formula is C39H55ClN4O4Si2. The maximum atomic E-state index is 13.7. The molecule has 0 radical (unpaired) electrons. The molecule has 0 spiro atoms. The van der Waals surface area contributed by atoms with Crippen molar-refractivity contribution >= 4 is 50.7 Å². The molecule has 1 aromatic carbocycles. The van der Waals surface area contributed by atoms with E-state index in [0.717, 1.165) is 28.2 Å². The average molecular weight is 736 g/mol. The van der Waals surface area contributed by atoms with Gasteiger partial charge in [0.1, 0.15) is 16.5 Å². The summed E-state index contributed by atoms with van der Waals surface area (Å²) in [6, 6.07) is 11.3. The first-order chi connectivity index (χ1) is 23.1. The molecule has 1 unspecified atom stereocenters. The van der Waals surface area contributed by atoms with E-state index in [4.69, 9.17) is 29.9 Å². The van der Waals surface area contributed by atoms with Crippen LogP contribution in [0.3, 0.4) is 0 Å². The lowest BCUT2D eigenvalue weighted by Crippen LogP contribution is -2.51. The van der Waals surface area contributed by atoms with Crippen molar-refractivity contribution in [3.05, 3.63) is 80.9 Å². The number of hydrogen-bond donors (Lipinski definition) is 1. The van der Waals surface area contributed by atoms with Gasteiger partial charge >= 0.3 is 0 Å². The summed E-state index contributed by atoms with van der Waals surface area (Å²) in [7, 11) is -4.24. The molecule has 0 aliphatic carbocycles. The fourth-order valence-electron chi connectivity index (χ4n) is 6.01. The summed E-state index contributed by atoms with van der Waals surface area (Å²) in [6.45, 7) is 30.0. The van der Waals surface area contributed by atoms with Gasteiger partial charge in [0.15, 0.2) is 27.9 Å². The molecule has 8 nitrogen and oxygen atoms in total. The maximum Gasteiger partial charge on any atom is 0.196 e. The van der Waals surface area contributed by atoms with Crippen LogP contribution in [0.15, 0.2) is 58.0 Å². The van der Waals surface area contributed by atoms with Gasteiger partial charge in [-0.2, -0.15) is 0 Å². The van der Waals surface area contributed by atoms with Crippen LogP contribution in [0.25, 0.3) is 22.3 Å². The number of nitrogens with zero attached hydrogens (tertiary/aromatic N) is 3. The van der Waals surface area contributed by atoms with Crippen molar-refractivity contribution in [2.24, 2.45) is 0 Å². The third-order valence-electron chi connectivity index (χ3n) is 11.0. The van der Waals surface area contributed by atoms with E-state index < -0.39 is 16.6 Å². The van der Waals surface area contributed by atoms with E-state index in [1.807, 2.05) is 44.2 Å². The first-order valence-electron chi connectivity index (χ1n) is 17.6. The molecule has 0 bridgehead atoms. The summed E-state index contributed by atoms with van der Waals surface area (Å²) < 4.78 is 20.8. The Labute approximate surface area is 305 Å². The second kappa shape index (κ2) is 13.8. The Morgan fingerprint density at radius 3 is 2.10 bits per heavy atom. The Morgan fingerprint density at radius 1 is 0.960 bits per heavy atom. The van der Waals surface area contributed by atoms with Gasteiger partial charge in [-0.25, -0.2) is 4.98 Å². The smallest absolute Gasteiger partial charge is 0.196 e. The number of hydrogen-bond acceptors (Lipinski definition) is 8. The van der Waals surface area contributed by atoms with Gasteiger partial charge < -0.3 is 23.5 Å². The van der Waals surface area contributed by atoms with Gasteiger partial charge in [-0.1, -0.05) is 59.2 Å². The fraction of sp³-hybridized carbons (Fsp3) is 0.513.